The Morgan fingerprint density at radius 2 is 1.89 bits per heavy atom. The molecule has 108 valence electrons. The molecule has 0 radical (unpaired) electrons. The van der Waals surface area contributed by atoms with Crippen molar-refractivity contribution in [2.75, 3.05) is 27.7 Å². The molecule has 0 aliphatic carbocycles. The quantitative estimate of drug-likeness (QED) is 0.819. The van der Waals surface area contributed by atoms with Gasteiger partial charge in [0.05, 0.1) is 7.11 Å². The average Bonchev–Trinajstić information content (AvgIpc) is 2.38. The Labute approximate surface area is 118 Å². The van der Waals surface area contributed by atoms with Gasteiger partial charge in [-0.2, -0.15) is 0 Å². The van der Waals surface area contributed by atoms with Crippen molar-refractivity contribution in [1.82, 2.24) is 10.2 Å². The number of hydrogen-bond acceptors (Lipinski definition) is 3. The fourth-order valence-corrected chi connectivity index (χ4v) is 2.34. The number of rotatable bonds is 7. The highest BCUT2D eigenvalue weighted by Gasteiger charge is 2.16. The summed E-state index contributed by atoms with van der Waals surface area (Å²) in [5.41, 5.74) is 1.26. The third-order valence-electron chi connectivity index (χ3n) is 3.66. The van der Waals surface area contributed by atoms with Crippen LogP contribution in [0, 0.1) is 5.92 Å². The van der Waals surface area contributed by atoms with Gasteiger partial charge in [-0.3, -0.25) is 0 Å². The molecule has 1 aromatic rings. The van der Waals surface area contributed by atoms with Crippen molar-refractivity contribution in [2.45, 2.75) is 32.9 Å². The molecule has 0 fully saturated rings. The summed E-state index contributed by atoms with van der Waals surface area (Å²) < 4.78 is 5.27. The fourth-order valence-electron chi connectivity index (χ4n) is 2.34. The van der Waals surface area contributed by atoms with E-state index in [4.69, 9.17) is 4.74 Å². The standard InChI is InChI=1S/C16H28N2O/c1-12(2)16(18(4)5)11-17-13(3)14-8-7-9-15(10-14)19-6/h7-10,12-13,16-17H,11H2,1-6H3. The van der Waals surface area contributed by atoms with Gasteiger partial charge in [-0.1, -0.05) is 26.0 Å². The van der Waals surface area contributed by atoms with Gasteiger partial charge in [-0.25, -0.2) is 0 Å². The van der Waals surface area contributed by atoms with Crippen LogP contribution in [0.3, 0.4) is 0 Å². The minimum absolute atomic E-state index is 0.330. The van der Waals surface area contributed by atoms with Gasteiger partial charge < -0.3 is 15.0 Å². The molecule has 1 N–H and O–H groups in total. The lowest BCUT2D eigenvalue weighted by molar-refractivity contribution is 0.220. The highest BCUT2D eigenvalue weighted by atomic mass is 16.5. The van der Waals surface area contributed by atoms with Gasteiger partial charge in [0.15, 0.2) is 0 Å². The minimum Gasteiger partial charge on any atom is -0.497 e. The molecule has 3 heteroatoms. The lowest BCUT2D eigenvalue weighted by Crippen LogP contribution is -2.42. The summed E-state index contributed by atoms with van der Waals surface area (Å²) in [6.45, 7) is 7.72. The molecule has 0 aliphatic heterocycles. The molecule has 0 saturated heterocycles. The molecule has 3 nitrogen and oxygen atoms in total. The Hall–Kier alpha value is -1.06. The van der Waals surface area contributed by atoms with Crippen molar-refractivity contribution in [3.63, 3.8) is 0 Å². The maximum absolute atomic E-state index is 5.27. The summed E-state index contributed by atoms with van der Waals surface area (Å²) in [5.74, 6) is 1.55. The third-order valence-corrected chi connectivity index (χ3v) is 3.66. The summed E-state index contributed by atoms with van der Waals surface area (Å²) in [6, 6.07) is 9.13. The Morgan fingerprint density at radius 3 is 2.42 bits per heavy atom. The van der Waals surface area contributed by atoms with Crippen LogP contribution in [0.1, 0.15) is 32.4 Å². The van der Waals surface area contributed by atoms with E-state index in [9.17, 15) is 0 Å². The van der Waals surface area contributed by atoms with Crippen LogP contribution in [0.25, 0.3) is 0 Å². The first-order chi connectivity index (χ1) is 8.95. The zero-order valence-corrected chi connectivity index (χ0v) is 13.1. The maximum Gasteiger partial charge on any atom is 0.119 e. The lowest BCUT2D eigenvalue weighted by atomic mass is 10.0. The van der Waals surface area contributed by atoms with Crippen LogP contribution in [0.4, 0.5) is 0 Å². The second-order valence-electron chi connectivity index (χ2n) is 5.68. The van der Waals surface area contributed by atoms with Crippen LogP contribution >= 0.6 is 0 Å². The molecule has 0 aliphatic rings. The summed E-state index contributed by atoms with van der Waals surface area (Å²) in [4.78, 5) is 2.29. The first kappa shape index (κ1) is 16.0. The van der Waals surface area contributed by atoms with Crippen LogP contribution in [-0.4, -0.2) is 38.7 Å². The molecule has 1 rings (SSSR count). The number of hydrogen-bond donors (Lipinski definition) is 1. The molecule has 1 aromatic carbocycles. The van der Waals surface area contributed by atoms with E-state index >= 15 is 0 Å². The SMILES string of the molecule is COc1cccc(C(C)NCC(C(C)C)N(C)C)c1. The molecule has 0 aromatic heterocycles. The fraction of sp³-hybridized carbons (Fsp3) is 0.625. The molecular formula is C16H28N2O. The second kappa shape index (κ2) is 7.51. The van der Waals surface area contributed by atoms with Crippen LogP contribution in [0.2, 0.25) is 0 Å². The van der Waals surface area contributed by atoms with E-state index in [1.54, 1.807) is 7.11 Å². The monoisotopic (exact) mass is 264 g/mol. The molecule has 0 bridgehead atoms. The molecule has 19 heavy (non-hydrogen) atoms. The average molecular weight is 264 g/mol. The van der Waals surface area contributed by atoms with Crippen molar-refractivity contribution in [3.05, 3.63) is 29.8 Å². The molecule has 0 amide bonds. The van der Waals surface area contributed by atoms with Crippen molar-refractivity contribution in [2.24, 2.45) is 5.92 Å². The predicted octanol–water partition coefficient (Wildman–Crippen LogP) is 2.93. The van der Waals surface area contributed by atoms with Gasteiger partial charge in [-0.15, -0.1) is 0 Å². The number of benzene rings is 1. The lowest BCUT2D eigenvalue weighted by Gasteiger charge is -2.29. The van der Waals surface area contributed by atoms with E-state index in [1.807, 2.05) is 12.1 Å². The van der Waals surface area contributed by atoms with Crippen LogP contribution in [-0.2, 0) is 0 Å². The Balaban J connectivity index is 2.61. The highest BCUT2D eigenvalue weighted by molar-refractivity contribution is 5.30. The molecule has 0 saturated carbocycles. The van der Waals surface area contributed by atoms with E-state index < -0.39 is 0 Å². The van der Waals surface area contributed by atoms with Crippen LogP contribution in [0.5, 0.6) is 5.75 Å². The van der Waals surface area contributed by atoms with Gasteiger partial charge in [0.25, 0.3) is 0 Å². The summed E-state index contributed by atoms with van der Waals surface area (Å²) in [7, 11) is 5.99. The normalized spacial score (nSPS) is 14.7. The Kier molecular flexibility index (Phi) is 6.32. The van der Waals surface area contributed by atoms with Gasteiger partial charge in [0.1, 0.15) is 5.75 Å². The first-order valence-electron chi connectivity index (χ1n) is 6.99. The number of nitrogens with one attached hydrogen (secondary N) is 1. The molecule has 0 spiro atoms. The highest BCUT2D eigenvalue weighted by Crippen LogP contribution is 2.19. The van der Waals surface area contributed by atoms with Crippen molar-refractivity contribution in [3.8, 4) is 5.75 Å². The molecule has 0 heterocycles. The van der Waals surface area contributed by atoms with E-state index in [0.717, 1.165) is 12.3 Å². The van der Waals surface area contributed by atoms with E-state index in [0.29, 0.717) is 18.0 Å². The number of methoxy groups -OCH3 is 1. The minimum atomic E-state index is 0.330. The number of nitrogens with zero attached hydrogens (tertiary/aromatic N) is 1. The summed E-state index contributed by atoms with van der Waals surface area (Å²) >= 11 is 0. The van der Waals surface area contributed by atoms with E-state index in [-0.39, 0.29) is 0 Å². The number of likely N-dealkylation sites (N-methyl/N-ethyl adjacent to an activating group) is 1. The molecule has 2 atom stereocenters. The van der Waals surface area contributed by atoms with E-state index in [2.05, 4.69) is 57.2 Å². The van der Waals surface area contributed by atoms with Gasteiger partial charge in [-0.05, 0) is 44.6 Å². The van der Waals surface area contributed by atoms with Gasteiger partial charge >= 0.3 is 0 Å². The van der Waals surface area contributed by atoms with Crippen LogP contribution in [0.15, 0.2) is 24.3 Å². The number of ether oxygens (including phenoxy) is 1. The topological polar surface area (TPSA) is 24.5 Å². The zero-order chi connectivity index (χ0) is 14.4. The molecular weight excluding hydrogens is 236 g/mol. The van der Waals surface area contributed by atoms with Crippen LogP contribution < -0.4 is 10.1 Å². The largest absolute Gasteiger partial charge is 0.497 e. The zero-order valence-electron chi connectivity index (χ0n) is 13.1. The first-order valence-corrected chi connectivity index (χ1v) is 6.99. The van der Waals surface area contributed by atoms with Crippen molar-refractivity contribution in [1.29, 1.82) is 0 Å². The maximum atomic E-state index is 5.27. The Morgan fingerprint density at radius 1 is 1.21 bits per heavy atom. The Bertz CT molecular complexity index is 369. The van der Waals surface area contributed by atoms with Gasteiger partial charge in [0.2, 0.25) is 0 Å². The smallest absolute Gasteiger partial charge is 0.119 e. The van der Waals surface area contributed by atoms with Crippen molar-refractivity contribution >= 4 is 0 Å². The summed E-state index contributed by atoms with van der Waals surface area (Å²) in [5, 5.41) is 3.62. The molecule has 2 unspecified atom stereocenters. The third kappa shape index (κ3) is 4.84. The van der Waals surface area contributed by atoms with E-state index in [1.165, 1.54) is 5.56 Å². The second-order valence-corrected chi connectivity index (χ2v) is 5.68. The van der Waals surface area contributed by atoms with Crippen molar-refractivity contribution < 1.29 is 4.74 Å². The summed E-state index contributed by atoms with van der Waals surface area (Å²) in [6.07, 6.45) is 0. The predicted molar refractivity (Wildman–Crippen MR) is 81.7 cm³/mol. The van der Waals surface area contributed by atoms with Gasteiger partial charge in [0, 0.05) is 18.6 Å².